The van der Waals surface area contributed by atoms with Gasteiger partial charge in [-0.15, -0.1) is 17.2 Å². The summed E-state index contributed by atoms with van der Waals surface area (Å²) in [5.41, 5.74) is 13.3. The summed E-state index contributed by atoms with van der Waals surface area (Å²) in [5, 5.41) is 0. The zero-order chi connectivity index (χ0) is 21.7. The molecule has 0 heterocycles. The number of rotatable bonds is 9. The largest absolute Gasteiger partial charge is 0.125 e. The van der Waals surface area contributed by atoms with Crippen LogP contribution in [0.2, 0.25) is 0 Å². The van der Waals surface area contributed by atoms with Crippen molar-refractivity contribution in [3.8, 4) is 0 Å². The maximum Gasteiger partial charge on any atom is 0.0162 e. The number of unbranched alkanes of at least 4 members (excludes halogenated alkanes) is 3. The van der Waals surface area contributed by atoms with E-state index in [1.807, 2.05) is 36.5 Å². The van der Waals surface area contributed by atoms with E-state index in [4.69, 9.17) is 0 Å². The monoisotopic (exact) mass is 521 g/mol. The van der Waals surface area contributed by atoms with Crippen LogP contribution in [-0.2, 0) is 0 Å². The summed E-state index contributed by atoms with van der Waals surface area (Å²) < 4.78 is 0. The van der Waals surface area contributed by atoms with Crippen LogP contribution in [0.15, 0.2) is 88.6 Å². The van der Waals surface area contributed by atoms with Crippen LogP contribution in [0.4, 0.5) is 0 Å². The Kier molecular flexibility index (Phi) is 20.8. The Morgan fingerprint density at radius 1 is 0.516 bits per heavy atom. The van der Waals surface area contributed by atoms with Gasteiger partial charge in [0.1, 0.15) is 0 Å². The second-order valence-electron chi connectivity index (χ2n) is 7.54. The van der Waals surface area contributed by atoms with E-state index < -0.39 is 0 Å². The molecule has 0 fully saturated rings. The van der Waals surface area contributed by atoms with E-state index in [1.54, 1.807) is 0 Å². The van der Waals surface area contributed by atoms with Crippen molar-refractivity contribution < 1.29 is 1.43 Å². The van der Waals surface area contributed by atoms with Crippen molar-refractivity contribution in [3.05, 3.63) is 108 Å². The third-order valence-corrected chi connectivity index (χ3v) is 4.82. The topological polar surface area (TPSA) is 0 Å². The van der Waals surface area contributed by atoms with Crippen LogP contribution in [0.5, 0.6) is 0 Å². The van der Waals surface area contributed by atoms with Crippen LogP contribution in [0.3, 0.4) is 0 Å². The standard InChI is InChI=1S/3C10H13.Sn.H2/c3*1-2-3-7-10-8-5-4-6-9-10;;/h3*5-6,8-9H,2-3,7H2,1H3;;1H. The molecule has 165 valence electrons. The Bertz CT molecular complexity index is 652. The van der Waals surface area contributed by atoms with Crippen LogP contribution in [0.1, 0.15) is 80.0 Å². The summed E-state index contributed by atoms with van der Waals surface area (Å²) >= 11 is 0. The molecule has 0 amide bonds. The fraction of sp³-hybridized carbons (Fsp3) is 0.400. The van der Waals surface area contributed by atoms with Crippen LogP contribution in [-0.4, -0.2) is 23.9 Å². The molecular weight excluding hydrogens is 479 g/mol. The zero-order valence-electron chi connectivity index (χ0n) is 19.8. The van der Waals surface area contributed by atoms with Gasteiger partial charge in [0, 0.05) is 44.6 Å². The first-order valence-electron chi connectivity index (χ1n) is 11.6. The molecule has 0 aromatic rings. The second kappa shape index (κ2) is 21.8. The third kappa shape index (κ3) is 16.9. The predicted molar refractivity (Wildman–Crippen MR) is 142 cm³/mol. The van der Waals surface area contributed by atoms with E-state index >= 15 is 0 Å². The van der Waals surface area contributed by atoms with Crippen molar-refractivity contribution in [2.45, 2.75) is 78.6 Å². The summed E-state index contributed by atoms with van der Waals surface area (Å²) in [5.74, 6) is 0. The van der Waals surface area contributed by atoms with Gasteiger partial charge in [0.2, 0.25) is 0 Å². The Morgan fingerprint density at radius 3 is 1.00 bits per heavy atom. The van der Waals surface area contributed by atoms with Crippen molar-refractivity contribution in [2.24, 2.45) is 0 Å². The molecule has 0 aromatic carbocycles. The molecule has 7 radical (unpaired) electrons. The van der Waals surface area contributed by atoms with Gasteiger partial charge in [-0.25, -0.2) is 0 Å². The first kappa shape index (κ1) is 29.6. The smallest absolute Gasteiger partial charge is 0.0162 e. The normalized spacial score (nSPS) is 15.0. The predicted octanol–water partition coefficient (Wildman–Crippen LogP) is 8.96. The van der Waals surface area contributed by atoms with Crippen molar-refractivity contribution >= 4 is 23.9 Å². The van der Waals surface area contributed by atoms with Gasteiger partial charge in [-0.3, -0.25) is 0 Å². The molecule has 0 saturated carbocycles. The molecule has 0 aromatic heterocycles. The Balaban J connectivity index is 0. The molecule has 3 aliphatic rings. The SMILES string of the molecule is CCCCC1=CC=C=C[CH]1.CCCCC1=CC=C=C[CH]1.CCCCC1=CC=C=C[CH]1.[HH].[Sn]. The van der Waals surface area contributed by atoms with Crippen LogP contribution in [0.25, 0.3) is 0 Å². The van der Waals surface area contributed by atoms with Gasteiger partial charge in [-0.2, -0.15) is 0 Å². The van der Waals surface area contributed by atoms with E-state index in [0.29, 0.717) is 0 Å². The van der Waals surface area contributed by atoms with Gasteiger partial charge in [-0.1, -0.05) is 75.0 Å². The molecule has 0 atom stereocenters. The minimum absolute atomic E-state index is 0. The summed E-state index contributed by atoms with van der Waals surface area (Å²) in [7, 11) is 0. The van der Waals surface area contributed by atoms with Gasteiger partial charge >= 0.3 is 0 Å². The van der Waals surface area contributed by atoms with Crippen molar-refractivity contribution in [1.29, 1.82) is 0 Å². The summed E-state index contributed by atoms with van der Waals surface area (Å²) in [6.45, 7) is 6.65. The molecule has 0 bridgehead atoms. The molecule has 0 saturated heterocycles. The van der Waals surface area contributed by atoms with Crippen molar-refractivity contribution in [2.75, 3.05) is 0 Å². The molecular formula is C30H41Sn. The van der Waals surface area contributed by atoms with E-state index in [9.17, 15) is 0 Å². The second-order valence-corrected chi connectivity index (χ2v) is 7.54. The van der Waals surface area contributed by atoms with Gasteiger partial charge in [0.25, 0.3) is 0 Å². The number of hydrogen-bond donors (Lipinski definition) is 0. The maximum absolute atomic E-state index is 3.01. The zero-order valence-corrected chi connectivity index (χ0v) is 22.6. The Hall–Kier alpha value is -1.42. The Labute approximate surface area is 211 Å². The Morgan fingerprint density at radius 2 is 0.806 bits per heavy atom. The maximum atomic E-state index is 3.01. The summed E-state index contributed by atoms with van der Waals surface area (Å²) in [4.78, 5) is 0. The van der Waals surface area contributed by atoms with Gasteiger partial charge < -0.3 is 0 Å². The number of allylic oxidation sites excluding steroid dienone is 9. The molecule has 3 aliphatic carbocycles. The molecule has 0 unspecified atom stereocenters. The van der Waals surface area contributed by atoms with Crippen LogP contribution in [0, 0.1) is 19.3 Å². The minimum Gasteiger partial charge on any atom is -0.125 e. The molecule has 31 heavy (non-hydrogen) atoms. The first-order valence-corrected chi connectivity index (χ1v) is 11.6. The van der Waals surface area contributed by atoms with E-state index in [2.05, 4.69) is 75.5 Å². The van der Waals surface area contributed by atoms with Gasteiger partial charge in [0.15, 0.2) is 0 Å². The van der Waals surface area contributed by atoms with E-state index in [-0.39, 0.29) is 25.3 Å². The summed E-state index contributed by atoms with van der Waals surface area (Å²) in [6.07, 6.45) is 36.0. The summed E-state index contributed by atoms with van der Waals surface area (Å²) in [6, 6.07) is 0. The minimum atomic E-state index is 0. The first-order chi connectivity index (χ1) is 14.8. The van der Waals surface area contributed by atoms with Crippen LogP contribution < -0.4 is 0 Å². The fourth-order valence-corrected chi connectivity index (χ4v) is 2.91. The van der Waals surface area contributed by atoms with E-state index in [1.165, 1.54) is 74.5 Å². The fourth-order valence-electron chi connectivity index (χ4n) is 2.91. The van der Waals surface area contributed by atoms with Gasteiger partial charge in [-0.05, 0) is 75.0 Å². The van der Waals surface area contributed by atoms with Gasteiger partial charge in [0.05, 0.1) is 0 Å². The van der Waals surface area contributed by atoms with Crippen molar-refractivity contribution in [1.82, 2.24) is 0 Å². The molecule has 0 spiro atoms. The molecule has 0 aliphatic heterocycles. The molecule has 0 nitrogen and oxygen atoms in total. The third-order valence-electron chi connectivity index (χ3n) is 4.82. The molecule has 0 N–H and O–H groups in total. The molecule has 1 heteroatoms. The average molecular weight is 520 g/mol. The quantitative estimate of drug-likeness (QED) is 0.210. The molecule has 3 rings (SSSR count). The van der Waals surface area contributed by atoms with E-state index in [0.717, 1.165) is 0 Å². The average Bonchev–Trinajstić information content (AvgIpc) is 2.83. The van der Waals surface area contributed by atoms with Crippen molar-refractivity contribution in [3.63, 3.8) is 0 Å². The number of hydrogen-bond acceptors (Lipinski definition) is 0. The van der Waals surface area contributed by atoms with Crippen LogP contribution >= 0.6 is 0 Å².